The van der Waals surface area contributed by atoms with Gasteiger partial charge in [-0.15, -0.1) is 4.73 Å². The molecule has 2 heterocycles. The molecule has 9 heteroatoms. The fraction of sp³-hybridized carbons (Fsp3) is 0.538. The summed E-state index contributed by atoms with van der Waals surface area (Å²) in [5.74, 6) is -1.12. The van der Waals surface area contributed by atoms with Crippen LogP contribution in [0.1, 0.15) is 19.3 Å². The third kappa shape index (κ3) is 4.29. The number of nitrogens with zero attached hydrogens (tertiary/aromatic N) is 2. The van der Waals surface area contributed by atoms with E-state index in [2.05, 4.69) is 5.32 Å². The predicted molar refractivity (Wildman–Crippen MR) is 76.1 cm³/mol. The molecule has 1 atom stereocenters. The fourth-order valence-electron chi connectivity index (χ4n) is 2.45. The number of carbonyl (C=O) groups is 2. The van der Waals surface area contributed by atoms with Crippen molar-refractivity contribution in [3.8, 4) is 11.8 Å². The van der Waals surface area contributed by atoms with Crippen molar-refractivity contribution in [3.63, 3.8) is 0 Å². The van der Waals surface area contributed by atoms with Gasteiger partial charge in [0.25, 0.3) is 0 Å². The van der Waals surface area contributed by atoms with E-state index in [9.17, 15) is 19.8 Å². The molecule has 1 saturated heterocycles. The van der Waals surface area contributed by atoms with Crippen molar-refractivity contribution >= 4 is 12.0 Å². The van der Waals surface area contributed by atoms with Gasteiger partial charge < -0.3 is 26.1 Å². The van der Waals surface area contributed by atoms with Gasteiger partial charge in [0.2, 0.25) is 17.7 Å². The van der Waals surface area contributed by atoms with Gasteiger partial charge in [-0.05, 0) is 25.8 Å². The number of rotatable bonds is 4. The molecule has 0 radical (unpaired) electrons. The van der Waals surface area contributed by atoms with E-state index in [1.165, 1.54) is 12.1 Å². The zero-order valence-corrected chi connectivity index (χ0v) is 12.1. The lowest BCUT2D eigenvalue weighted by atomic mass is 10.1. The number of primary amides is 1. The lowest BCUT2D eigenvalue weighted by Gasteiger charge is -2.18. The van der Waals surface area contributed by atoms with E-state index in [1.807, 2.05) is 4.90 Å². The summed E-state index contributed by atoms with van der Waals surface area (Å²) < 4.78 is 0.630. The Morgan fingerprint density at radius 3 is 2.59 bits per heavy atom. The van der Waals surface area contributed by atoms with Gasteiger partial charge in [0, 0.05) is 24.7 Å². The van der Waals surface area contributed by atoms with Crippen LogP contribution in [-0.2, 0) is 4.79 Å². The summed E-state index contributed by atoms with van der Waals surface area (Å²) in [4.78, 5) is 29.5. The molecule has 1 aliphatic heterocycles. The second-order valence-electron chi connectivity index (χ2n) is 5.24. The van der Waals surface area contributed by atoms with Crippen LogP contribution < -0.4 is 15.9 Å². The minimum absolute atomic E-state index is 0.106. The maximum atomic E-state index is 11.8. The van der Waals surface area contributed by atoms with E-state index in [0.29, 0.717) is 17.7 Å². The van der Waals surface area contributed by atoms with Crippen LogP contribution in [0.3, 0.4) is 0 Å². The molecular formula is C13H20N4O5. The van der Waals surface area contributed by atoms with Crippen molar-refractivity contribution in [1.82, 2.24) is 14.9 Å². The Kier molecular flexibility index (Phi) is 5.10. The van der Waals surface area contributed by atoms with Gasteiger partial charge in [-0.3, -0.25) is 9.69 Å². The maximum absolute atomic E-state index is 11.8. The number of carbonyl (C=O) groups excluding carboxylic acids is 2. The SMILES string of the molecule is NC(=O)CN1CCC[C@H](NC(=O)On2c(O)ccc2O)CC1. The largest absolute Gasteiger partial charge is 0.492 e. The quantitative estimate of drug-likeness (QED) is 0.586. The summed E-state index contributed by atoms with van der Waals surface area (Å²) in [6.07, 6.45) is 1.45. The van der Waals surface area contributed by atoms with Crippen LogP contribution in [0.4, 0.5) is 4.79 Å². The number of aromatic hydroxyl groups is 2. The van der Waals surface area contributed by atoms with E-state index in [-0.39, 0.29) is 30.3 Å². The molecule has 0 aromatic carbocycles. The number of amides is 2. The smallest absolute Gasteiger partial charge is 0.432 e. The Morgan fingerprint density at radius 2 is 1.95 bits per heavy atom. The van der Waals surface area contributed by atoms with Crippen LogP contribution in [0.5, 0.6) is 11.8 Å². The topological polar surface area (TPSA) is 130 Å². The van der Waals surface area contributed by atoms with Crippen molar-refractivity contribution in [2.75, 3.05) is 19.6 Å². The van der Waals surface area contributed by atoms with Gasteiger partial charge in [0.1, 0.15) is 0 Å². The summed E-state index contributed by atoms with van der Waals surface area (Å²) in [6, 6.07) is 2.30. The Labute approximate surface area is 127 Å². The molecule has 22 heavy (non-hydrogen) atoms. The highest BCUT2D eigenvalue weighted by atomic mass is 16.7. The molecule has 122 valence electrons. The Morgan fingerprint density at radius 1 is 1.27 bits per heavy atom. The monoisotopic (exact) mass is 312 g/mol. The lowest BCUT2D eigenvalue weighted by Crippen LogP contribution is -2.40. The Hall–Kier alpha value is -2.42. The number of aromatic nitrogens is 1. The second kappa shape index (κ2) is 7.03. The van der Waals surface area contributed by atoms with Crippen LogP contribution in [-0.4, -0.2) is 57.5 Å². The molecule has 2 amide bonds. The molecule has 9 nitrogen and oxygen atoms in total. The first-order chi connectivity index (χ1) is 10.5. The number of hydrogen-bond acceptors (Lipinski definition) is 6. The minimum atomic E-state index is -0.768. The summed E-state index contributed by atoms with van der Waals surface area (Å²) in [5, 5.41) is 21.5. The average molecular weight is 312 g/mol. The first-order valence-corrected chi connectivity index (χ1v) is 7.05. The van der Waals surface area contributed by atoms with Gasteiger partial charge in [0.15, 0.2) is 0 Å². The second-order valence-corrected chi connectivity index (χ2v) is 5.24. The Bertz CT molecular complexity index is 525. The normalized spacial score (nSPS) is 19.4. The van der Waals surface area contributed by atoms with E-state index in [0.717, 1.165) is 19.4 Å². The minimum Gasteiger partial charge on any atom is -0.492 e. The summed E-state index contributed by atoms with van der Waals surface area (Å²) in [6.45, 7) is 1.60. The van der Waals surface area contributed by atoms with E-state index in [4.69, 9.17) is 10.6 Å². The predicted octanol–water partition coefficient (Wildman–Crippen LogP) is -0.623. The molecule has 0 spiro atoms. The molecule has 0 aliphatic carbocycles. The van der Waals surface area contributed by atoms with Crippen molar-refractivity contribution in [2.24, 2.45) is 5.73 Å². The van der Waals surface area contributed by atoms with Gasteiger partial charge in [-0.1, -0.05) is 0 Å². The highest BCUT2D eigenvalue weighted by Crippen LogP contribution is 2.18. The lowest BCUT2D eigenvalue weighted by molar-refractivity contribution is -0.119. The van der Waals surface area contributed by atoms with Gasteiger partial charge in [0.05, 0.1) is 6.54 Å². The molecule has 5 N–H and O–H groups in total. The fourth-order valence-corrected chi connectivity index (χ4v) is 2.45. The van der Waals surface area contributed by atoms with E-state index in [1.54, 1.807) is 0 Å². The van der Waals surface area contributed by atoms with Crippen molar-refractivity contribution < 1.29 is 24.6 Å². The molecule has 0 bridgehead atoms. The summed E-state index contributed by atoms with van der Waals surface area (Å²) >= 11 is 0. The van der Waals surface area contributed by atoms with E-state index >= 15 is 0 Å². The van der Waals surface area contributed by atoms with Crippen molar-refractivity contribution in [3.05, 3.63) is 12.1 Å². The molecule has 1 fully saturated rings. The van der Waals surface area contributed by atoms with Crippen molar-refractivity contribution in [2.45, 2.75) is 25.3 Å². The van der Waals surface area contributed by atoms with Crippen LogP contribution in [0.15, 0.2) is 12.1 Å². The van der Waals surface area contributed by atoms with Crippen LogP contribution in [0, 0.1) is 0 Å². The first-order valence-electron chi connectivity index (χ1n) is 7.05. The van der Waals surface area contributed by atoms with E-state index < -0.39 is 6.09 Å². The summed E-state index contributed by atoms with van der Waals surface area (Å²) in [5.41, 5.74) is 5.17. The van der Waals surface area contributed by atoms with Crippen LogP contribution >= 0.6 is 0 Å². The zero-order chi connectivity index (χ0) is 16.1. The number of nitrogens with one attached hydrogen (secondary N) is 1. The summed E-state index contributed by atoms with van der Waals surface area (Å²) in [7, 11) is 0. The maximum Gasteiger partial charge on any atom is 0.432 e. The molecule has 0 saturated carbocycles. The van der Waals surface area contributed by atoms with Gasteiger partial charge in [-0.25, -0.2) is 4.79 Å². The van der Waals surface area contributed by atoms with Crippen molar-refractivity contribution in [1.29, 1.82) is 0 Å². The van der Waals surface area contributed by atoms with Crippen LogP contribution in [0.25, 0.3) is 0 Å². The third-order valence-electron chi connectivity index (χ3n) is 3.49. The highest BCUT2D eigenvalue weighted by Gasteiger charge is 2.21. The van der Waals surface area contributed by atoms with Gasteiger partial charge >= 0.3 is 6.09 Å². The zero-order valence-electron chi connectivity index (χ0n) is 12.1. The molecule has 0 unspecified atom stereocenters. The molecule has 1 aromatic rings. The van der Waals surface area contributed by atoms with Gasteiger partial charge in [-0.2, -0.15) is 0 Å². The first kappa shape index (κ1) is 16.0. The molecule has 1 aliphatic rings. The van der Waals surface area contributed by atoms with Crippen LogP contribution in [0.2, 0.25) is 0 Å². The molecular weight excluding hydrogens is 292 g/mol. The third-order valence-corrected chi connectivity index (χ3v) is 3.49. The average Bonchev–Trinajstić information content (AvgIpc) is 2.64. The molecule has 2 rings (SSSR count). The highest BCUT2D eigenvalue weighted by molar-refractivity contribution is 5.75. The number of likely N-dealkylation sites (tertiary alicyclic amines) is 1. The molecule has 1 aromatic heterocycles. The standard InChI is InChI=1S/C13H20N4O5/c14-10(18)8-16-6-1-2-9(5-7-16)15-13(21)22-17-11(19)3-4-12(17)20/h3-4,9,19-20H,1-2,5-8H2,(H2,14,18)(H,15,21)/t9-/m0/s1. The number of nitrogens with two attached hydrogens (primary N) is 1. The Balaban J connectivity index is 1.83. The number of hydrogen-bond donors (Lipinski definition) is 4.